The number of hydrogen-bond acceptors (Lipinski definition) is 3. The van der Waals surface area contributed by atoms with Crippen molar-refractivity contribution in [2.24, 2.45) is 0 Å². The number of carbonyl (C=O) groups is 1. The van der Waals surface area contributed by atoms with Crippen LogP contribution in [0.25, 0.3) is 10.9 Å². The summed E-state index contributed by atoms with van der Waals surface area (Å²) in [6, 6.07) is 9.35. The molecule has 0 unspecified atom stereocenters. The summed E-state index contributed by atoms with van der Waals surface area (Å²) in [7, 11) is 0. The predicted molar refractivity (Wildman–Crippen MR) is 86.0 cm³/mol. The van der Waals surface area contributed by atoms with Crippen LogP contribution in [0.2, 0.25) is 5.02 Å². The molecule has 1 aliphatic rings. The Hall–Kier alpha value is -2.37. The first kappa shape index (κ1) is 13.3. The van der Waals surface area contributed by atoms with Gasteiger partial charge in [0.2, 0.25) is 0 Å². The first-order chi connectivity index (χ1) is 10.7. The quantitative estimate of drug-likeness (QED) is 0.681. The van der Waals surface area contributed by atoms with E-state index in [4.69, 9.17) is 11.6 Å². The number of nitrogens with one attached hydrogen (secondary N) is 3. The van der Waals surface area contributed by atoms with Crippen LogP contribution in [0, 0.1) is 0 Å². The van der Waals surface area contributed by atoms with Crippen LogP contribution in [-0.2, 0) is 13.1 Å². The molecule has 3 N–H and O–H groups in total. The highest BCUT2D eigenvalue weighted by molar-refractivity contribution is 6.32. The zero-order valence-electron chi connectivity index (χ0n) is 11.6. The van der Waals surface area contributed by atoms with E-state index in [1.54, 1.807) is 18.3 Å². The van der Waals surface area contributed by atoms with Crippen LogP contribution >= 0.6 is 11.6 Å². The second kappa shape index (κ2) is 5.12. The fourth-order valence-electron chi connectivity index (χ4n) is 2.84. The molecule has 2 aromatic carbocycles. The molecule has 1 aromatic heterocycles. The Labute approximate surface area is 131 Å². The number of aromatic nitrogens is 2. The molecule has 0 fully saturated rings. The van der Waals surface area contributed by atoms with Crippen LogP contribution < -0.4 is 10.6 Å². The molecular weight excluding hydrogens is 300 g/mol. The summed E-state index contributed by atoms with van der Waals surface area (Å²) in [5, 5.41) is 14.3. The molecule has 2 heterocycles. The van der Waals surface area contributed by atoms with Crippen LogP contribution in [-0.4, -0.2) is 16.1 Å². The molecule has 1 amide bonds. The van der Waals surface area contributed by atoms with E-state index in [-0.39, 0.29) is 5.91 Å². The van der Waals surface area contributed by atoms with Gasteiger partial charge in [0.05, 0.1) is 17.3 Å². The number of aromatic amines is 1. The Balaban J connectivity index is 1.73. The third-order valence-corrected chi connectivity index (χ3v) is 4.12. The number of H-pyrrole nitrogens is 1. The van der Waals surface area contributed by atoms with Crippen molar-refractivity contribution in [3.05, 3.63) is 58.2 Å². The molecule has 22 heavy (non-hydrogen) atoms. The Kier molecular flexibility index (Phi) is 3.10. The molecule has 110 valence electrons. The second-order valence-corrected chi connectivity index (χ2v) is 5.72. The minimum absolute atomic E-state index is 0.186. The molecule has 0 saturated carbocycles. The molecule has 0 saturated heterocycles. The summed E-state index contributed by atoms with van der Waals surface area (Å²) in [6.45, 7) is 1.60. The van der Waals surface area contributed by atoms with Gasteiger partial charge >= 0.3 is 0 Å². The van der Waals surface area contributed by atoms with Crippen molar-refractivity contribution in [1.29, 1.82) is 0 Å². The maximum atomic E-state index is 12.6. The van der Waals surface area contributed by atoms with Crippen LogP contribution in [0.4, 0.5) is 5.69 Å². The molecule has 5 nitrogen and oxygen atoms in total. The predicted octanol–water partition coefficient (Wildman–Crippen LogP) is 3.07. The van der Waals surface area contributed by atoms with Crippen molar-refractivity contribution in [3.63, 3.8) is 0 Å². The molecule has 0 aliphatic carbocycles. The smallest absolute Gasteiger partial charge is 0.256 e. The number of fused-ring (bicyclic) bond motifs is 2. The van der Waals surface area contributed by atoms with E-state index in [1.807, 2.05) is 12.1 Å². The number of halogens is 1. The number of nitrogens with zero attached hydrogens (tertiary/aromatic N) is 1. The number of carbonyl (C=O) groups excluding carboxylic acids is 1. The summed E-state index contributed by atoms with van der Waals surface area (Å²) < 4.78 is 0. The summed E-state index contributed by atoms with van der Waals surface area (Å²) in [6.07, 6.45) is 1.64. The largest absolute Gasteiger partial charge is 0.322 e. The number of amides is 1. The van der Waals surface area contributed by atoms with Crippen molar-refractivity contribution in [2.75, 3.05) is 5.32 Å². The van der Waals surface area contributed by atoms with Crippen LogP contribution in [0.15, 0.2) is 36.5 Å². The number of hydrogen-bond donors (Lipinski definition) is 3. The maximum Gasteiger partial charge on any atom is 0.256 e. The number of benzene rings is 2. The Morgan fingerprint density at radius 3 is 3.09 bits per heavy atom. The van der Waals surface area contributed by atoms with E-state index in [9.17, 15) is 4.79 Å². The molecule has 3 aromatic rings. The van der Waals surface area contributed by atoms with Crippen molar-refractivity contribution < 1.29 is 4.79 Å². The first-order valence-electron chi connectivity index (χ1n) is 6.98. The van der Waals surface area contributed by atoms with E-state index >= 15 is 0 Å². The van der Waals surface area contributed by atoms with E-state index < -0.39 is 0 Å². The normalized spacial score (nSPS) is 13.3. The SMILES string of the molecule is O=C(Nc1cccc2c1CNC2)c1cc(Cl)cc2[nH]ncc12. The average Bonchev–Trinajstić information content (AvgIpc) is 3.14. The van der Waals surface area contributed by atoms with E-state index in [0.717, 1.165) is 35.2 Å². The Morgan fingerprint density at radius 1 is 1.27 bits per heavy atom. The third-order valence-electron chi connectivity index (χ3n) is 3.91. The van der Waals surface area contributed by atoms with Gasteiger partial charge in [0.15, 0.2) is 0 Å². The van der Waals surface area contributed by atoms with Crippen molar-refractivity contribution in [3.8, 4) is 0 Å². The minimum atomic E-state index is -0.186. The molecule has 0 spiro atoms. The molecular formula is C16H13ClN4O. The summed E-state index contributed by atoms with van der Waals surface area (Å²) >= 11 is 6.08. The summed E-state index contributed by atoms with van der Waals surface area (Å²) in [4.78, 5) is 12.6. The lowest BCUT2D eigenvalue weighted by Gasteiger charge is -2.10. The molecule has 0 atom stereocenters. The van der Waals surface area contributed by atoms with Gasteiger partial charge in [0.25, 0.3) is 5.91 Å². The van der Waals surface area contributed by atoms with Crippen molar-refractivity contribution >= 4 is 34.1 Å². The molecule has 6 heteroatoms. The van der Waals surface area contributed by atoms with Crippen LogP contribution in [0.1, 0.15) is 21.5 Å². The van der Waals surface area contributed by atoms with Gasteiger partial charge in [0.1, 0.15) is 0 Å². The fraction of sp³-hybridized carbons (Fsp3) is 0.125. The first-order valence-corrected chi connectivity index (χ1v) is 7.35. The molecule has 1 aliphatic heterocycles. The van der Waals surface area contributed by atoms with Gasteiger partial charge in [-0.1, -0.05) is 23.7 Å². The topological polar surface area (TPSA) is 69.8 Å². The van der Waals surface area contributed by atoms with Gasteiger partial charge in [0, 0.05) is 29.2 Å². The summed E-state index contributed by atoms with van der Waals surface area (Å²) in [5.74, 6) is -0.186. The lowest BCUT2D eigenvalue weighted by molar-refractivity contribution is 0.102. The Bertz CT molecular complexity index is 887. The third kappa shape index (κ3) is 2.15. The minimum Gasteiger partial charge on any atom is -0.322 e. The van der Waals surface area contributed by atoms with E-state index in [1.165, 1.54) is 5.56 Å². The van der Waals surface area contributed by atoms with Crippen molar-refractivity contribution in [1.82, 2.24) is 15.5 Å². The standard InChI is InChI=1S/C16H13ClN4O/c17-10-4-11(13-8-19-21-15(13)5-10)16(22)20-14-3-1-2-9-6-18-7-12(9)14/h1-5,8,18H,6-7H2,(H,19,21)(H,20,22). The van der Waals surface area contributed by atoms with Gasteiger partial charge in [-0.05, 0) is 29.3 Å². The van der Waals surface area contributed by atoms with E-state index in [2.05, 4.69) is 26.9 Å². The monoisotopic (exact) mass is 312 g/mol. The highest BCUT2D eigenvalue weighted by Crippen LogP contribution is 2.27. The highest BCUT2D eigenvalue weighted by Gasteiger charge is 2.18. The van der Waals surface area contributed by atoms with Crippen LogP contribution in [0.3, 0.4) is 0 Å². The van der Waals surface area contributed by atoms with E-state index in [0.29, 0.717) is 10.6 Å². The number of rotatable bonds is 2. The zero-order valence-corrected chi connectivity index (χ0v) is 12.4. The van der Waals surface area contributed by atoms with Gasteiger partial charge in [-0.2, -0.15) is 5.10 Å². The molecule has 0 bridgehead atoms. The lowest BCUT2D eigenvalue weighted by Crippen LogP contribution is -2.14. The van der Waals surface area contributed by atoms with Gasteiger partial charge in [-0.15, -0.1) is 0 Å². The zero-order chi connectivity index (χ0) is 15.1. The van der Waals surface area contributed by atoms with Crippen molar-refractivity contribution in [2.45, 2.75) is 13.1 Å². The molecule has 4 rings (SSSR count). The maximum absolute atomic E-state index is 12.6. The average molecular weight is 313 g/mol. The van der Waals surface area contributed by atoms with Gasteiger partial charge in [-0.3, -0.25) is 9.89 Å². The summed E-state index contributed by atoms with van der Waals surface area (Å²) in [5.41, 5.74) is 4.46. The second-order valence-electron chi connectivity index (χ2n) is 5.29. The molecule has 0 radical (unpaired) electrons. The lowest BCUT2D eigenvalue weighted by atomic mass is 10.1. The Morgan fingerprint density at radius 2 is 2.18 bits per heavy atom. The fourth-order valence-corrected chi connectivity index (χ4v) is 3.06. The van der Waals surface area contributed by atoms with Gasteiger partial charge < -0.3 is 10.6 Å². The number of anilines is 1. The van der Waals surface area contributed by atoms with Crippen LogP contribution in [0.5, 0.6) is 0 Å². The highest BCUT2D eigenvalue weighted by atomic mass is 35.5. The van der Waals surface area contributed by atoms with Gasteiger partial charge in [-0.25, -0.2) is 0 Å².